The zero-order valence-corrected chi connectivity index (χ0v) is 8.52. The number of halogens is 3. The van der Waals surface area contributed by atoms with Crippen LogP contribution in [-0.4, -0.2) is 34.4 Å². The molecule has 0 unspecified atom stereocenters. The Hall–Kier alpha value is -0.390. The van der Waals surface area contributed by atoms with Crippen LogP contribution in [0.4, 0.5) is 13.2 Å². The molecule has 0 aromatic rings. The van der Waals surface area contributed by atoms with Crippen molar-refractivity contribution in [2.24, 2.45) is 0 Å². The van der Waals surface area contributed by atoms with E-state index in [9.17, 15) is 30.0 Å². The second-order valence-electron chi connectivity index (χ2n) is 2.67. The number of alkyl halides is 3. The van der Waals surface area contributed by atoms with Crippen molar-refractivity contribution in [3.8, 4) is 0 Å². The SMILES string of the molecule is O=S1(=O)CS(=O)(=O)OC(CC(F)(F)F)O1. The molecule has 0 N–H and O–H groups in total. The summed E-state index contributed by atoms with van der Waals surface area (Å²) in [5.74, 6) is 0. The molecular weight excluding hydrogens is 265 g/mol. The first-order valence-electron chi connectivity index (χ1n) is 3.38. The van der Waals surface area contributed by atoms with Crippen molar-refractivity contribution in [2.75, 3.05) is 5.08 Å². The van der Waals surface area contributed by atoms with E-state index in [2.05, 4.69) is 8.37 Å². The molecule has 11 heteroatoms. The Labute approximate surface area is 83.2 Å². The first-order chi connectivity index (χ1) is 6.49. The fourth-order valence-corrected chi connectivity index (χ4v) is 3.61. The summed E-state index contributed by atoms with van der Waals surface area (Å²) in [6.45, 7) is 0. The van der Waals surface area contributed by atoms with Crippen LogP contribution < -0.4 is 0 Å². The Morgan fingerprint density at radius 3 is 1.80 bits per heavy atom. The van der Waals surface area contributed by atoms with Gasteiger partial charge in [-0.3, -0.25) is 0 Å². The van der Waals surface area contributed by atoms with Gasteiger partial charge in [0, 0.05) is 0 Å². The minimum absolute atomic E-state index is 1.48. The number of hydrogen-bond donors (Lipinski definition) is 0. The smallest absolute Gasteiger partial charge is 0.236 e. The first-order valence-corrected chi connectivity index (χ1v) is 6.53. The van der Waals surface area contributed by atoms with Crippen LogP contribution in [0.1, 0.15) is 6.42 Å². The van der Waals surface area contributed by atoms with E-state index >= 15 is 0 Å². The van der Waals surface area contributed by atoms with E-state index < -0.39 is 44.2 Å². The van der Waals surface area contributed by atoms with E-state index in [1.165, 1.54) is 0 Å². The molecule has 1 aliphatic rings. The third-order valence-electron chi connectivity index (χ3n) is 1.19. The maximum absolute atomic E-state index is 11.8. The molecule has 0 bridgehead atoms. The molecule has 1 aliphatic heterocycles. The largest absolute Gasteiger partial charge is 0.394 e. The molecule has 6 nitrogen and oxygen atoms in total. The molecule has 1 saturated heterocycles. The standard InChI is InChI=1S/C4H5F3O6S2/c5-4(6,7)1-3-12-14(8,9)2-15(10,11)13-3/h3H,1-2H2. The normalized spacial score (nSPS) is 26.3. The summed E-state index contributed by atoms with van der Waals surface area (Å²) in [6, 6.07) is 0. The average Bonchev–Trinajstić information content (AvgIpc) is 1.70. The van der Waals surface area contributed by atoms with Crippen LogP contribution in [0.25, 0.3) is 0 Å². The van der Waals surface area contributed by atoms with Crippen molar-refractivity contribution in [3.63, 3.8) is 0 Å². The van der Waals surface area contributed by atoms with E-state index in [4.69, 9.17) is 0 Å². The van der Waals surface area contributed by atoms with E-state index in [-0.39, 0.29) is 0 Å². The molecule has 0 aromatic carbocycles. The van der Waals surface area contributed by atoms with Gasteiger partial charge in [0.1, 0.15) is 0 Å². The fraction of sp³-hybridized carbons (Fsp3) is 1.00. The highest BCUT2D eigenvalue weighted by molar-refractivity contribution is 8.04. The quantitative estimate of drug-likeness (QED) is 0.620. The number of hydrogen-bond acceptors (Lipinski definition) is 6. The Bertz CT molecular complexity index is 399. The van der Waals surface area contributed by atoms with Crippen LogP contribution >= 0.6 is 0 Å². The first kappa shape index (κ1) is 12.7. The van der Waals surface area contributed by atoms with Crippen molar-refractivity contribution in [3.05, 3.63) is 0 Å². The van der Waals surface area contributed by atoms with Crippen LogP contribution in [-0.2, 0) is 28.6 Å². The zero-order valence-electron chi connectivity index (χ0n) is 6.89. The van der Waals surface area contributed by atoms with Gasteiger partial charge >= 0.3 is 6.18 Å². The Morgan fingerprint density at radius 1 is 1.07 bits per heavy atom. The minimum atomic E-state index is -4.78. The molecule has 0 radical (unpaired) electrons. The van der Waals surface area contributed by atoms with Crippen LogP contribution in [0.15, 0.2) is 0 Å². The van der Waals surface area contributed by atoms with Crippen LogP contribution in [0, 0.1) is 0 Å². The van der Waals surface area contributed by atoms with Crippen molar-refractivity contribution >= 4 is 20.2 Å². The van der Waals surface area contributed by atoms with Crippen molar-refractivity contribution in [2.45, 2.75) is 18.9 Å². The van der Waals surface area contributed by atoms with Crippen molar-refractivity contribution in [1.82, 2.24) is 0 Å². The van der Waals surface area contributed by atoms with Crippen molar-refractivity contribution in [1.29, 1.82) is 0 Å². The molecule has 1 heterocycles. The third-order valence-corrected chi connectivity index (χ3v) is 4.52. The molecule has 0 amide bonds. The Morgan fingerprint density at radius 2 is 1.47 bits per heavy atom. The van der Waals surface area contributed by atoms with Crippen LogP contribution in [0.5, 0.6) is 0 Å². The molecule has 1 fully saturated rings. The lowest BCUT2D eigenvalue weighted by Crippen LogP contribution is -2.38. The predicted molar refractivity (Wildman–Crippen MR) is 39.3 cm³/mol. The van der Waals surface area contributed by atoms with E-state index in [1.807, 2.05) is 0 Å². The van der Waals surface area contributed by atoms with E-state index in [1.54, 1.807) is 0 Å². The summed E-state index contributed by atoms with van der Waals surface area (Å²) in [7, 11) is -9.05. The van der Waals surface area contributed by atoms with Gasteiger partial charge in [0.05, 0.1) is 6.42 Å². The van der Waals surface area contributed by atoms with E-state index in [0.29, 0.717) is 0 Å². The monoisotopic (exact) mass is 270 g/mol. The van der Waals surface area contributed by atoms with Gasteiger partial charge in [-0.05, 0) is 0 Å². The average molecular weight is 270 g/mol. The van der Waals surface area contributed by atoms with Gasteiger partial charge in [0.15, 0.2) is 0 Å². The minimum Gasteiger partial charge on any atom is -0.236 e. The molecule has 0 spiro atoms. The molecule has 90 valence electrons. The molecule has 15 heavy (non-hydrogen) atoms. The van der Waals surface area contributed by atoms with Crippen LogP contribution in [0.3, 0.4) is 0 Å². The summed E-state index contributed by atoms with van der Waals surface area (Å²) in [5.41, 5.74) is 0. The summed E-state index contributed by atoms with van der Waals surface area (Å²) >= 11 is 0. The summed E-state index contributed by atoms with van der Waals surface area (Å²) in [5, 5.41) is -1.48. The lowest BCUT2D eigenvalue weighted by Gasteiger charge is -2.22. The molecule has 0 aliphatic carbocycles. The van der Waals surface area contributed by atoms with E-state index in [0.717, 1.165) is 0 Å². The molecule has 0 aromatic heterocycles. The second-order valence-corrected chi connectivity index (χ2v) is 6.23. The maximum atomic E-state index is 11.8. The summed E-state index contributed by atoms with van der Waals surface area (Å²) in [6.07, 6.45) is -8.97. The van der Waals surface area contributed by atoms with Crippen LogP contribution in [0.2, 0.25) is 0 Å². The molecular formula is C4H5F3O6S2. The van der Waals surface area contributed by atoms with Crippen molar-refractivity contribution < 1.29 is 38.4 Å². The van der Waals surface area contributed by atoms with Gasteiger partial charge in [-0.15, -0.1) is 0 Å². The fourth-order valence-electron chi connectivity index (χ4n) is 0.832. The molecule has 0 saturated carbocycles. The highest BCUT2D eigenvalue weighted by Gasteiger charge is 2.43. The topological polar surface area (TPSA) is 86.7 Å². The second kappa shape index (κ2) is 3.57. The lowest BCUT2D eigenvalue weighted by molar-refractivity contribution is -0.174. The lowest BCUT2D eigenvalue weighted by atomic mass is 10.4. The third kappa shape index (κ3) is 4.32. The zero-order chi connectivity index (χ0) is 11.9. The van der Waals surface area contributed by atoms with Gasteiger partial charge in [-0.1, -0.05) is 0 Å². The van der Waals surface area contributed by atoms with Gasteiger partial charge in [0.2, 0.25) is 11.4 Å². The molecule has 0 atom stereocenters. The maximum Gasteiger partial charge on any atom is 0.394 e. The molecule has 1 rings (SSSR count). The summed E-state index contributed by atoms with van der Waals surface area (Å²) in [4.78, 5) is 0. The predicted octanol–water partition coefficient (Wildman–Crippen LogP) is -0.0712. The van der Waals surface area contributed by atoms with Gasteiger partial charge in [-0.25, -0.2) is 8.37 Å². The van der Waals surface area contributed by atoms with Gasteiger partial charge < -0.3 is 0 Å². The Balaban J connectivity index is 2.86. The highest BCUT2D eigenvalue weighted by atomic mass is 32.3. The summed E-state index contributed by atoms with van der Waals surface area (Å²) < 4.78 is 85.9. The van der Waals surface area contributed by atoms with Gasteiger partial charge in [-0.2, -0.15) is 30.0 Å². The van der Waals surface area contributed by atoms with Gasteiger partial charge in [0.25, 0.3) is 20.2 Å². The number of rotatable bonds is 1. The Kier molecular flexibility index (Phi) is 3.02. The highest BCUT2D eigenvalue weighted by Crippen LogP contribution is 2.28.